The Balaban J connectivity index is 1.46. The third kappa shape index (κ3) is 3.19. The van der Waals surface area contributed by atoms with Crippen LogP contribution in [0, 0.1) is 5.82 Å². The van der Waals surface area contributed by atoms with Crippen molar-refractivity contribution in [1.29, 1.82) is 0 Å². The number of piperidine rings is 1. The molecule has 2 aromatic carbocycles. The Labute approximate surface area is 156 Å². The second-order valence-electron chi connectivity index (χ2n) is 7.07. The molecule has 1 spiro atoms. The predicted octanol–water partition coefficient (Wildman–Crippen LogP) is 2.69. The van der Waals surface area contributed by atoms with E-state index >= 15 is 0 Å². The van der Waals surface area contributed by atoms with Gasteiger partial charge in [0.1, 0.15) is 11.5 Å². The zero-order chi connectivity index (χ0) is 19.0. The lowest BCUT2D eigenvalue weighted by Gasteiger charge is -2.46. The number of phenols is 1. The van der Waals surface area contributed by atoms with Gasteiger partial charge in [-0.2, -0.15) is 0 Å². The van der Waals surface area contributed by atoms with Gasteiger partial charge in [0.25, 0.3) is 5.91 Å². The van der Waals surface area contributed by atoms with Gasteiger partial charge >= 0.3 is 0 Å². The molecule has 2 heterocycles. The summed E-state index contributed by atoms with van der Waals surface area (Å²) < 4.78 is 19.1. The van der Waals surface area contributed by atoms with Crippen LogP contribution in [0.1, 0.15) is 28.8 Å². The van der Waals surface area contributed by atoms with Gasteiger partial charge in [0, 0.05) is 38.0 Å². The van der Waals surface area contributed by atoms with Gasteiger partial charge in [-0.3, -0.25) is 9.69 Å². The molecular weight excluding hydrogens is 349 g/mol. The Morgan fingerprint density at radius 1 is 1.19 bits per heavy atom. The smallest absolute Gasteiger partial charge is 0.258 e. The van der Waals surface area contributed by atoms with Gasteiger partial charge in [-0.1, -0.05) is 18.2 Å². The zero-order valence-electron chi connectivity index (χ0n) is 15.1. The average molecular weight is 371 g/mol. The minimum atomic E-state index is -0.565. The van der Waals surface area contributed by atoms with Crippen LogP contribution in [0.2, 0.25) is 0 Å². The van der Waals surface area contributed by atoms with Gasteiger partial charge in [-0.15, -0.1) is 0 Å². The van der Waals surface area contributed by atoms with E-state index in [2.05, 4.69) is 15.5 Å². The summed E-state index contributed by atoms with van der Waals surface area (Å²) >= 11 is 0. The number of methoxy groups -OCH3 is 1. The quantitative estimate of drug-likeness (QED) is 0.774. The molecule has 1 saturated heterocycles. The van der Waals surface area contributed by atoms with E-state index in [1.54, 1.807) is 18.2 Å². The lowest BCUT2D eigenvalue weighted by atomic mass is 9.92. The number of fused-ring (bicyclic) bond motifs is 1. The molecule has 0 radical (unpaired) electrons. The van der Waals surface area contributed by atoms with Crippen molar-refractivity contribution in [2.45, 2.75) is 25.0 Å². The van der Waals surface area contributed by atoms with Crippen LogP contribution < -0.4 is 15.4 Å². The van der Waals surface area contributed by atoms with E-state index in [1.807, 2.05) is 12.1 Å². The summed E-state index contributed by atoms with van der Waals surface area (Å²) in [5.41, 5.74) is 0.855. The lowest BCUT2D eigenvalue weighted by molar-refractivity contribution is 0.0817. The van der Waals surface area contributed by atoms with E-state index in [1.165, 1.54) is 13.2 Å². The molecule has 2 aliphatic heterocycles. The summed E-state index contributed by atoms with van der Waals surface area (Å²) in [6, 6.07) is 10.1. The van der Waals surface area contributed by atoms with Crippen LogP contribution in [0.25, 0.3) is 0 Å². The van der Waals surface area contributed by atoms with Crippen LogP contribution in [0.15, 0.2) is 36.4 Å². The number of para-hydroxylation sites is 1. The molecule has 0 unspecified atom stereocenters. The Kier molecular flexibility index (Phi) is 4.39. The second-order valence-corrected chi connectivity index (χ2v) is 7.07. The fraction of sp³-hybridized carbons (Fsp3) is 0.350. The van der Waals surface area contributed by atoms with E-state index < -0.39 is 11.5 Å². The Bertz CT molecular complexity index is 879. The molecule has 0 aliphatic carbocycles. The number of hydrogen-bond donors (Lipinski definition) is 3. The van der Waals surface area contributed by atoms with Crippen molar-refractivity contribution in [3.8, 4) is 11.5 Å². The van der Waals surface area contributed by atoms with Crippen molar-refractivity contribution in [2.75, 3.05) is 25.5 Å². The van der Waals surface area contributed by atoms with E-state index in [-0.39, 0.29) is 17.2 Å². The van der Waals surface area contributed by atoms with Crippen LogP contribution in [-0.2, 0) is 6.54 Å². The van der Waals surface area contributed by atoms with Crippen LogP contribution in [0.5, 0.6) is 11.5 Å². The maximum absolute atomic E-state index is 13.9. The standard InChI is InChI=1S/C20H22FN3O3/c1-27-16-7-2-4-13(18(16)25)12-24-10-8-20(9-11-24)22-15-6-3-5-14(21)17(15)19(26)23-20/h2-7,22,25H,8-12H2,1H3,(H,23,26). The first-order valence-corrected chi connectivity index (χ1v) is 8.98. The summed E-state index contributed by atoms with van der Waals surface area (Å²) in [4.78, 5) is 14.6. The summed E-state index contributed by atoms with van der Waals surface area (Å²) in [5, 5.41) is 16.6. The first-order chi connectivity index (χ1) is 13.0. The first-order valence-electron chi connectivity index (χ1n) is 8.98. The molecule has 6 nitrogen and oxygen atoms in total. The number of carbonyl (C=O) groups is 1. The van der Waals surface area contributed by atoms with Crippen LogP contribution in [0.4, 0.5) is 10.1 Å². The van der Waals surface area contributed by atoms with Crippen LogP contribution >= 0.6 is 0 Å². The second kappa shape index (κ2) is 6.74. The number of aromatic hydroxyl groups is 1. The monoisotopic (exact) mass is 371 g/mol. The lowest BCUT2D eigenvalue weighted by Crippen LogP contribution is -2.62. The van der Waals surface area contributed by atoms with E-state index in [4.69, 9.17) is 4.74 Å². The maximum Gasteiger partial charge on any atom is 0.258 e. The molecule has 0 aromatic heterocycles. The van der Waals surface area contributed by atoms with Crippen molar-refractivity contribution >= 4 is 11.6 Å². The van der Waals surface area contributed by atoms with Gasteiger partial charge in [-0.25, -0.2) is 4.39 Å². The first kappa shape index (κ1) is 17.6. The number of halogens is 1. The molecule has 1 amide bonds. The SMILES string of the molecule is COc1cccc(CN2CCC3(CC2)NC(=O)c2c(F)cccc2N3)c1O. The Morgan fingerprint density at radius 3 is 2.67 bits per heavy atom. The minimum Gasteiger partial charge on any atom is -0.504 e. The molecule has 142 valence electrons. The topological polar surface area (TPSA) is 73.8 Å². The average Bonchev–Trinajstić information content (AvgIpc) is 2.65. The Morgan fingerprint density at radius 2 is 1.93 bits per heavy atom. The number of hydrogen-bond acceptors (Lipinski definition) is 5. The molecule has 2 aromatic rings. The number of carbonyl (C=O) groups excluding carboxylic acids is 1. The summed E-state index contributed by atoms with van der Waals surface area (Å²) in [7, 11) is 1.53. The molecule has 0 atom stereocenters. The van der Waals surface area contributed by atoms with Gasteiger partial charge in [0.15, 0.2) is 11.5 Å². The van der Waals surface area contributed by atoms with Crippen LogP contribution in [0.3, 0.4) is 0 Å². The molecule has 3 N–H and O–H groups in total. The van der Waals surface area contributed by atoms with Crippen molar-refractivity contribution in [1.82, 2.24) is 10.2 Å². The summed E-state index contributed by atoms with van der Waals surface area (Å²) in [6.07, 6.45) is 1.36. The van der Waals surface area contributed by atoms with Gasteiger partial charge < -0.3 is 20.5 Å². The van der Waals surface area contributed by atoms with Crippen molar-refractivity contribution in [2.24, 2.45) is 0 Å². The number of likely N-dealkylation sites (tertiary alicyclic amines) is 1. The molecule has 0 saturated carbocycles. The van der Waals surface area contributed by atoms with Gasteiger partial charge in [0.05, 0.1) is 18.4 Å². The van der Waals surface area contributed by atoms with Gasteiger partial charge in [-0.05, 0) is 18.2 Å². The third-order valence-corrected chi connectivity index (χ3v) is 5.37. The largest absolute Gasteiger partial charge is 0.504 e. The summed E-state index contributed by atoms with van der Waals surface area (Å²) in [5.74, 6) is -0.270. The zero-order valence-corrected chi connectivity index (χ0v) is 15.1. The molecule has 4 rings (SSSR count). The number of amides is 1. The number of nitrogens with one attached hydrogen (secondary N) is 2. The molecule has 2 aliphatic rings. The predicted molar refractivity (Wildman–Crippen MR) is 99.4 cm³/mol. The number of phenolic OH excluding ortho intramolecular Hbond substituents is 1. The summed E-state index contributed by atoms with van der Waals surface area (Å²) in [6.45, 7) is 2.06. The highest BCUT2D eigenvalue weighted by Crippen LogP contribution is 2.34. The fourth-order valence-electron chi connectivity index (χ4n) is 3.87. The van der Waals surface area contributed by atoms with Crippen molar-refractivity contribution < 1.29 is 19.0 Å². The third-order valence-electron chi connectivity index (χ3n) is 5.37. The minimum absolute atomic E-state index is 0.0758. The molecular formula is C20H22FN3O3. The maximum atomic E-state index is 13.9. The number of benzene rings is 2. The molecule has 7 heteroatoms. The van der Waals surface area contributed by atoms with E-state index in [0.717, 1.165) is 18.7 Å². The van der Waals surface area contributed by atoms with Crippen LogP contribution in [-0.4, -0.2) is 41.8 Å². The van der Waals surface area contributed by atoms with Crippen molar-refractivity contribution in [3.63, 3.8) is 0 Å². The highest BCUT2D eigenvalue weighted by molar-refractivity contribution is 6.02. The van der Waals surface area contributed by atoms with E-state index in [0.29, 0.717) is 30.8 Å². The highest BCUT2D eigenvalue weighted by atomic mass is 19.1. The van der Waals surface area contributed by atoms with E-state index in [9.17, 15) is 14.3 Å². The molecule has 27 heavy (non-hydrogen) atoms. The van der Waals surface area contributed by atoms with Crippen molar-refractivity contribution in [3.05, 3.63) is 53.3 Å². The Hall–Kier alpha value is -2.80. The number of rotatable bonds is 3. The fourth-order valence-corrected chi connectivity index (χ4v) is 3.87. The molecule has 0 bridgehead atoms. The number of anilines is 1. The molecule has 1 fully saturated rings. The number of ether oxygens (including phenoxy) is 1. The number of nitrogens with zero attached hydrogens (tertiary/aromatic N) is 1. The van der Waals surface area contributed by atoms with Gasteiger partial charge in [0.2, 0.25) is 0 Å². The highest BCUT2D eigenvalue weighted by Gasteiger charge is 2.41. The normalized spacial score (nSPS) is 18.5.